The van der Waals surface area contributed by atoms with Crippen LogP contribution in [0.25, 0.3) is 0 Å². The molecule has 0 unspecified atom stereocenters. The number of nitrogens with zero attached hydrogens (tertiary/aromatic N) is 2. The summed E-state index contributed by atoms with van der Waals surface area (Å²) in [4.78, 5) is 21.6. The number of benzene rings is 1. The van der Waals surface area contributed by atoms with Crippen molar-refractivity contribution in [3.8, 4) is 5.75 Å². The maximum Gasteiger partial charge on any atom is 0.269 e. The van der Waals surface area contributed by atoms with Gasteiger partial charge in [0.05, 0.1) is 11.1 Å². The number of aromatic amines is 1. The number of non-ortho nitro benzene ring substituents is 1. The molecule has 0 fully saturated rings. The van der Waals surface area contributed by atoms with Gasteiger partial charge < -0.3 is 10.1 Å². The lowest BCUT2D eigenvalue weighted by atomic mass is 10.3. The molecule has 0 bridgehead atoms. The monoisotopic (exact) mass is 276 g/mol. The summed E-state index contributed by atoms with van der Waals surface area (Å²) in [6.07, 6.45) is 1.59. The lowest BCUT2D eigenvalue weighted by molar-refractivity contribution is -0.384. The zero-order valence-corrected chi connectivity index (χ0v) is 10.6. The Morgan fingerprint density at radius 3 is 2.70 bits per heavy atom. The molecule has 0 saturated heterocycles. The van der Waals surface area contributed by atoms with E-state index in [0.717, 1.165) is 5.56 Å². The first kappa shape index (κ1) is 13.5. The van der Waals surface area contributed by atoms with Crippen molar-refractivity contribution in [2.45, 2.75) is 6.92 Å². The van der Waals surface area contributed by atoms with Gasteiger partial charge in [0.15, 0.2) is 6.61 Å². The summed E-state index contributed by atoms with van der Waals surface area (Å²) in [5, 5.41) is 19.5. The number of H-pyrrole nitrogens is 1. The maximum absolute atomic E-state index is 11.6. The number of anilines is 1. The van der Waals surface area contributed by atoms with Gasteiger partial charge in [-0.05, 0) is 19.1 Å². The highest BCUT2D eigenvalue weighted by Crippen LogP contribution is 2.17. The van der Waals surface area contributed by atoms with E-state index in [1.807, 2.05) is 0 Å². The first-order valence-corrected chi connectivity index (χ1v) is 5.73. The molecule has 1 heterocycles. The van der Waals surface area contributed by atoms with Crippen molar-refractivity contribution in [2.24, 2.45) is 0 Å². The zero-order valence-electron chi connectivity index (χ0n) is 10.6. The fraction of sp³-hybridized carbons (Fsp3) is 0.167. The highest BCUT2D eigenvalue weighted by atomic mass is 16.6. The Labute approximate surface area is 113 Å². The van der Waals surface area contributed by atoms with Gasteiger partial charge in [0.1, 0.15) is 11.6 Å². The quantitative estimate of drug-likeness (QED) is 0.637. The highest BCUT2D eigenvalue weighted by Gasteiger charge is 2.08. The largest absolute Gasteiger partial charge is 0.484 e. The van der Waals surface area contributed by atoms with Gasteiger partial charge in [0, 0.05) is 17.7 Å². The molecule has 1 aromatic carbocycles. The van der Waals surface area contributed by atoms with Gasteiger partial charge in [-0.1, -0.05) is 0 Å². The molecular weight excluding hydrogens is 264 g/mol. The molecule has 0 aliphatic rings. The molecule has 104 valence electrons. The molecule has 8 heteroatoms. The van der Waals surface area contributed by atoms with Gasteiger partial charge in [0.25, 0.3) is 11.6 Å². The van der Waals surface area contributed by atoms with Crippen LogP contribution in [0.15, 0.2) is 30.5 Å². The Bertz CT molecular complexity index is 621. The highest BCUT2D eigenvalue weighted by molar-refractivity contribution is 5.91. The summed E-state index contributed by atoms with van der Waals surface area (Å²) in [7, 11) is 0. The Morgan fingerprint density at radius 2 is 2.15 bits per heavy atom. The van der Waals surface area contributed by atoms with Gasteiger partial charge in [-0.3, -0.25) is 20.0 Å². The number of carbonyl (C=O) groups is 1. The minimum atomic E-state index is -0.502. The lowest BCUT2D eigenvalue weighted by Crippen LogP contribution is -2.20. The van der Waals surface area contributed by atoms with Crippen molar-refractivity contribution in [2.75, 3.05) is 11.9 Å². The first-order valence-electron chi connectivity index (χ1n) is 5.73. The van der Waals surface area contributed by atoms with E-state index in [0.29, 0.717) is 11.6 Å². The number of amides is 1. The van der Waals surface area contributed by atoms with Crippen molar-refractivity contribution >= 4 is 17.4 Å². The smallest absolute Gasteiger partial charge is 0.269 e. The van der Waals surface area contributed by atoms with E-state index < -0.39 is 4.92 Å². The third kappa shape index (κ3) is 3.31. The fourth-order valence-corrected chi connectivity index (χ4v) is 1.46. The number of aromatic nitrogens is 2. The van der Waals surface area contributed by atoms with Crippen LogP contribution in [-0.4, -0.2) is 27.6 Å². The predicted octanol–water partition coefficient (Wildman–Crippen LogP) is 1.64. The summed E-state index contributed by atoms with van der Waals surface area (Å²) < 4.78 is 5.22. The van der Waals surface area contributed by atoms with Crippen LogP contribution in [0.1, 0.15) is 5.56 Å². The van der Waals surface area contributed by atoms with E-state index in [-0.39, 0.29) is 18.2 Å². The molecule has 0 aliphatic heterocycles. The van der Waals surface area contributed by atoms with Crippen molar-refractivity contribution in [1.82, 2.24) is 10.2 Å². The topological polar surface area (TPSA) is 110 Å². The lowest BCUT2D eigenvalue weighted by Gasteiger charge is -2.06. The van der Waals surface area contributed by atoms with E-state index in [2.05, 4.69) is 15.5 Å². The summed E-state index contributed by atoms with van der Waals surface area (Å²) in [5.74, 6) is 0.546. The summed E-state index contributed by atoms with van der Waals surface area (Å²) in [6.45, 7) is 1.60. The first-order chi connectivity index (χ1) is 9.56. The molecule has 20 heavy (non-hydrogen) atoms. The van der Waals surface area contributed by atoms with Crippen LogP contribution in [0, 0.1) is 17.0 Å². The van der Waals surface area contributed by atoms with Gasteiger partial charge in [-0.2, -0.15) is 5.10 Å². The number of nitro benzene ring substituents is 1. The van der Waals surface area contributed by atoms with Crippen LogP contribution in [0.3, 0.4) is 0 Å². The number of nitro groups is 1. The second-order valence-corrected chi connectivity index (χ2v) is 4.02. The number of aryl methyl sites for hydroxylation is 1. The molecule has 0 radical (unpaired) electrons. The van der Waals surface area contributed by atoms with Gasteiger partial charge in [-0.25, -0.2) is 0 Å². The second kappa shape index (κ2) is 5.83. The van der Waals surface area contributed by atoms with Gasteiger partial charge in [-0.15, -0.1) is 0 Å². The van der Waals surface area contributed by atoms with Crippen LogP contribution in [0.5, 0.6) is 5.75 Å². The van der Waals surface area contributed by atoms with Crippen molar-refractivity contribution in [3.05, 3.63) is 46.1 Å². The Kier molecular flexibility index (Phi) is 3.94. The Hall–Kier alpha value is -2.90. The zero-order chi connectivity index (χ0) is 14.5. The second-order valence-electron chi connectivity index (χ2n) is 4.02. The predicted molar refractivity (Wildman–Crippen MR) is 70.5 cm³/mol. The molecule has 0 aliphatic carbocycles. The van der Waals surface area contributed by atoms with Crippen molar-refractivity contribution < 1.29 is 14.5 Å². The van der Waals surface area contributed by atoms with Crippen LogP contribution in [-0.2, 0) is 4.79 Å². The molecule has 1 aromatic heterocycles. The summed E-state index contributed by atoms with van der Waals surface area (Å²) in [6, 6.07) is 5.50. The maximum atomic E-state index is 11.6. The molecule has 8 nitrogen and oxygen atoms in total. The summed E-state index contributed by atoms with van der Waals surface area (Å²) >= 11 is 0. The average Bonchev–Trinajstić information content (AvgIpc) is 2.82. The third-order valence-corrected chi connectivity index (χ3v) is 2.51. The molecule has 2 aromatic rings. The van der Waals surface area contributed by atoms with E-state index in [1.165, 1.54) is 24.3 Å². The number of rotatable bonds is 5. The third-order valence-electron chi connectivity index (χ3n) is 2.51. The number of carbonyl (C=O) groups excluding carboxylic acids is 1. The molecule has 1 amide bonds. The van der Waals surface area contributed by atoms with Crippen LogP contribution in [0.2, 0.25) is 0 Å². The number of hydrogen-bond donors (Lipinski definition) is 2. The van der Waals surface area contributed by atoms with Gasteiger partial charge >= 0.3 is 0 Å². The molecule has 0 spiro atoms. The minimum absolute atomic E-state index is 0.0325. The molecule has 2 N–H and O–H groups in total. The molecule has 0 atom stereocenters. The van der Waals surface area contributed by atoms with E-state index in [9.17, 15) is 14.9 Å². The Morgan fingerprint density at radius 1 is 1.45 bits per heavy atom. The minimum Gasteiger partial charge on any atom is -0.484 e. The van der Waals surface area contributed by atoms with Crippen molar-refractivity contribution in [3.63, 3.8) is 0 Å². The Balaban J connectivity index is 1.87. The van der Waals surface area contributed by atoms with Crippen LogP contribution < -0.4 is 10.1 Å². The number of nitrogens with one attached hydrogen (secondary N) is 2. The summed E-state index contributed by atoms with van der Waals surface area (Å²) in [5.41, 5.74) is 0.781. The fourth-order valence-electron chi connectivity index (χ4n) is 1.46. The van der Waals surface area contributed by atoms with E-state index in [1.54, 1.807) is 13.1 Å². The molecule has 2 rings (SSSR count). The van der Waals surface area contributed by atoms with Crippen molar-refractivity contribution in [1.29, 1.82) is 0 Å². The van der Waals surface area contributed by atoms with E-state index in [4.69, 9.17) is 4.74 Å². The normalized spacial score (nSPS) is 10.1. The van der Waals surface area contributed by atoms with Gasteiger partial charge in [0.2, 0.25) is 0 Å². The standard InChI is InChI=1S/C12H12N4O4/c1-8-6-13-15-12(8)14-11(17)7-20-10-4-2-9(3-5-10)16(18)19/h2-6H,7H2,1H3,(H2,13,14,15,17). The molecular formula is C12H12N4O4. The SMILES string of the molecule is Cc1cn[nH]c1NC(=O)COc1ccc([N+](=O)[O-])cc1. The van der Waals surface area contributed by atoms with Crippen LogP contribution >= 0.6 is 0 Å². The van der Waals surface area contributed by atoms with E-state index >= 15 is 0 Å². The number of hydrogen-bond acceptors (Lipinski definition) is 5. The average molecular weight is 276 g/mol. The molecule has 0 saturated carbocycles. The number of ether oxygens (including phenoxy) is 1. The van der Waals surface area contributed by atoms with Crippen LogP contribution in [0.4, 0.5) is 11.5 Å².